The molecule has 2 aromatic carbocycles. The first kappa shape index (κ1) is 23.2. The van der Waals surface area contributed by atoms with E-state index >= 15 is 0 Å². The van der Waals surface area contributed by atoms with Crippen molar-refractivity contribution in [1.82, 2.24) is 4.98 Å². The van der Waals surface area contributed by atoms with E-state index in [4.69, 9.17) is 14.2 Å². The number of esters is 1. The Morgan fingerprint density at radius 2 is 1.83 bits per heavy atom. The lowest BCUT2D eigenvalue weighted by Gasteiger charge is -2.27. The second-order valence-corrected chi connectivity index (χ2v) is 9.12. The Kier molecular flexibility index (Phi) is 6.39. The number of benzene rings is 2. The molecular formula is C29H28FNO4. The monoisotopic (exact) mass is 473 g/mol. The molecule has 1 unspecified atom stereocenters. The van der Waals surface area contributed by atoms with Crippen LogP contribution in [0.1, 0.15) is 48.1 Å². The minimum Gasteiger partial charge on any atom is -0.481 e. The summed E-state index contributed by atoms with van der Waals surface area (Å²) >= 11 is 0. The summed E-state index contributed by atoms with van der Waals surface area (Å²) in [5.74, 6) is 0.128. The topological polar surface area (TPSA) is 57.7 Å². The summed E-state index contributed by atoms with van der Waals surface area (Å²) in [5, 5.41) is 0. The summed E-state index contributed by atoms with van der Waals surface area (Å²) in [7, 11) is 2.94. The highest BCUT2D eigenvalue weighted by molar-refractivity contribution is 5.98. The molecule has 3 aromatic rings. The Morgan fingerprint density at radius 3 is 2.51 bits per heavy atom. The highest BCUT2D eigenvalue weighted by Gasteiger charge is 2.31. The maximum absolute atomic E-state index is 14.3. The molecule has 2 aliphatic rings. The Hall–Kier alpha value is -3.51. The number of nitrogens with zero attached hydrogens (tertiary/aromatic N) is 1. The van der Waals surface area contributed by atoms with Crippen LogP contribution in [0.15, 0.2) is 60.3 Å². The van der Waals surface area contributed by atoms with Crippen molar-refractivity contribution >= 4 is 11.5 Å². The number of carbonyl (C=O) groups is 1. The summed E-state index contributed by atoms with van der Waals surface area (Å²) in [4.78, 5) is 16.1. The van der Waals surface area contributed by atoms with Crippen LogP contribution >= 0.6 is 0 Å². The summed E-state index contributed by atoms with van der Waals surface area (Å²) in [6.45, 7) is 2.38. The van der Waals surface area contributed by atoms with E-state index in [1.165, 1.54) is 31.5 Å². The summed E-state index contributed by atoms with van der Waals surface area (Å²) in [6.07, 6.45) is 4.01. The number of halogens is 1. The zero-order valence-corrected chi connectivity index (χ0v) is 20.1. The number of fused-ring (bicyclic) bond motifs is 1. The smallest absolute Gasteiger partial charge is 0.333 e. The van der Waals surface area contributed by atoms with Gasteiger partial charge in [-0.1, -0.05) is 42.5 Å². The van der Waals surface area contributed by atoms with Crippen LogP contribution in [-0.4, -0.2) is 25.2 Å². The number of hydrogen-bond donors (Lipinski definition) is 0. The van der Waals surface area contributed by atoms with Gasteiger partial charge in [-0.2, -0.15) is 0 Å². The van der Waals surface area contributed by atoms with E-state index < -0.39 is 5.82 Å². The molecule has 1 atom stereocenters. The minimum atomic E-state index is -0.393. The van der Waals surface area contributed by atoms with Crippen molar-refractivity contribution in [3.63, 3.8) is 0 Å². The van der Waals surface area contributed by atoms with Crippen molar-refractivity contribution in [1.29, 1.82) is 0 Å². The van der Waals surface area contributed by atoms with Crippen molar-refractivity contribution in [2.45, 2.75) is 38.9 Å². The summed E-state index contributed by atoms with van der Waals surface area (Å²) < 4.78 is 30.6. The highest BCUT2D eigenvalue weighted by Crippen LogP contribution is 2.45. The van der Waals surface area contributed by atoms with E-state index in [0.717, 1.165) is 41.5 Å². The lowest BCUT2D eigenvalue weighted by molar-refractivity contribution is -0.135. The van der Waals surface area contributed by atoms with Crippen molar-refractivity contribution in [2.24, 2.45) is 5.92 Å². The van der Waals surface area contributed by atoms with Gasteiger partial charge in [0.25, 0.3) is 0 Å². The zero-order chi connectivity index (χ0) is 24.5. The van der Waals surface area contributed by atoms with Crippen LogP contribution in [0.3, 0.4) is 0 Å². The predicted octanol–water partition coefficient (Wildman–Crippen LogP) is 6.07. The average molecular weight is 474 g/mol. The van der Waals surface area contributed by atoms with Gasteiger partial charge in [-0.15, -0.1) is 0 Å². The molecule has 35 heavy (non-hydrogen) atoms. The van der Waals surface area contributed by atoms with Gasteiger partial charge in [-0.3, -0.25) is 0 Å². The molecular weight excluding hydrogens is 445 g/mol. The molecule has 0 saturated heterocycles. The largest absolute Gasteiger partial charge is 0.481 e. The van der Waals surface area contributed by atoms with Gasteiger partial charge in [0.05, 0.1) is 33.1 Å². The molecule has 0 N–H and O–H groups in total. The van der Waals surface area contributed by atoms with E-state index in [1.807, 2.05) is 31.2 Å². The summed E-state index contributed by atoms with van der Waals surface area (Å²) in [5.41, 5.74) is 7.51. The molecule has 6 heteroatoms. The van der Waals surface area contributed by atoms with Crippen LogP contribution in [0.5, 0.6) is 5.88 Å². The molecule has 1 aliphatic heterocycles. The predicted molar refractivity (Wildman–Crippen MR) is 131 cm³/mol. The third-order valence-corrected chi connectivity index (χ3v) is 6.88. The van der Waals surface area contributed by atoms with E-state index in [-0.39, 0.29) is 12.1 Å². The van der Waals surface area contributed by atoms with Crippen LogP contribution in [-0.2, 0) is 27.3 Å². The van der Waals surface area contributed by atoms with Crippen molar-refractivity contribution in [3.8, 4) is 17.0 Å². The first-order valence-electron chi connectivity index (χ1n) is 11.8. The van der Waals surface area contributed by atoms with Crippen molar-refractivity contribution < 1.29 is 23.4 Å². The van der Waals surface area contributed by atoms with Gasteiger partial charge in [0.2, 0.25) is 5.88 Å². The second-order valence-electron chi connectivity index (χ2n) is 9.12. The van der Waals surface area contributed by atoms with E-state index in [9.17, 15) is 9.18 Å². The van der Waals surface area contributed by atoms with Gasteiger partial charge in [-0.25, -0.2) is 14.2 Å². The van der Waals surface area contributed by atoms with Gasteiger partial charge >= 0.3 is 5.97 Å². The Balaban J connectivity index is 1.40. The standard InChI is InChI=1S/C29H28FNO4/c1-17(29(32)34-3)28(20-8-9-20)21-10-11-22-16-35-26(13-23(22)12-21)19-6-4-18(5-7-19)24-14-27(33-2)31-15-25(24)30/h4-7,10-12,14-15,20,26H,8-9,13,16H2,1-3H3/b28-17+. The van der Waals surface area contributed by atoms with Crippen LogP contribution < -0.4 is 4.74 Å². The third kappa shape index (κ3) is 4.71. The molecule has 1 aromatic heterocycles. The third-order valence-electron chi connectivity index (χ3n) is 6.88. The molecule has 0 bridgehead atoms. The zero-order valence-electron chi connectivity index (χ0n) is 20.1. The lowest BCUT2D eigenvalue weighted by Crippen LogP contribution is -2.16. The van der Waals surface area contributed by atoms with Crippen molar-refractivity contribution in [2.75, 3.05) is 14.2 Å². The SMILES string of the molecule is COC(=O)/C(C)=C(/c1ccc2c(c1)CC(c1ccc(-c3cc(OC)ncc3F)cc1)OC2)C1CC1. The molecule has 0 spiro atoms. The van der Waals surface area contributed by atoms with Crippen LogP contribution in [0.4, 0.5) is 4.39 Å². The molecule has 1 fully saturated rings. The van der Waals surface area contributed by atoms with Crippen LogP contribution in [0.2, 0.25) is 0 Å². The number of allylic oxidation sites excluding steroid dienone is 1. The summed E-state index contributed by atoms with van der Waals surface area (Å²) in [6, 6.07) is 15.8. The fourth-order valence-electron chi connectivity index (χ4n) is 4.81. The fraction of sp³-hybridized carbons (Fsp3) is 0.310. The molecule has 1 saturated carbocycles. The van der Waals surface area contributed by atoms with Crippen LogP contribution in [0, 0.1) is 11.7 Å². The maximum Gasteiger partial charge on any atom is 0.333 e. The number of methoxy groups -OCH3 is 2. The fourth-order valence-corrected chi connectivity index (χ4v) is 4.81. The Morgan fingerprint density at radius 1 is 1.06 bits per heavy atom. The number of hydrogen-bond acceptors (Lipinski definition) is 5. The first-order chi connectivity index (χ1) is 17.0. The molecule has 5 nitrogen and oxygen atoms in total. The minimum absolute atomic E-state index is 0.0984. The number of carbonyl (C=O) groups excluding carboxylic acids is 1. The molecule has 180 valence electrons. The van der Waals surface area contributed by atoms with E-state index in [0.29, 0.717) is 29.5 Å². The normalized spacial score (nSPS) is 17.9. The molecule has 0 radical (unpaired) electrons. The molecule has 5 rings (SSSR count). The first-order valence-corrected chi connectivity index (χ1v) is 11.8. The average Bonchev–Trinajstić information content (AvgIpc) is 3.73. The second kappa shape index (κ2) is 9.62. The highest BCUT2D eigenvalue weighted by atomic mass is 19.1. The quantitative estimate of drug-likeness (QED) is 0.321. The number of aromatic nitrogens is 1. The van der Waals surface area contributed by atoms with Crippen molar-refractivity contribution in [3.05, 3.63) is 88.4 Å². The molecule has 0 amide bonds. The molecule has 1 aliphatic carbocycles. The number of pyridine rings is 1. The number of rotatable bonds is 6. The maximum atomic E-state index is 14.3. The van der Waals surface area contributed by atoms with Gasteiger partial charge in [0.1, 0.15) is 5.82 Å². The number of ether oxygens (including phenoxy) is 3. The Bertz CT molecular complexity index is 1290. The van der Waals surface area contributed by atoms with Gasteiger partial charge in [0, 0.05) is 23.6 Å². The van der Waals surface area contributed by atoms with E-state index in [1.54, 1.807) is 6.07 Å². The Labute approximate surface area is 204 Å². The van der Waals surface area contributed by atoms with Crippen LogP contribution in [0.25, 0.3) is 16.7 Å². The molecule has 2 heterocycles. The van der Waals surface area contributed by atoms with Gasteiger partial charge in [0.15, 0.2) is 0 Å². The lowest BCUT2D eigenvalue weighted by atomic mass is 9.89. The van der Waals surface area contributed by atoms with Gasteiger partial charge in [-0.05, 0) is 59.1 Å². The van der Waals surface area contributed by atoms with E-state index in [2.05, 4.69) is 23.2 Å². The van der Waals surface area contributed by atoms with Gasteiger partial charge < -0.3 is 14.2 Å².